The van der Waals surface area contributed by atoms with Gasteiger partial charge in [0.05, 0.1) is 19.8 Å². The number of aliphatic imine (C=N–C) groups is 1. The predicted molar refractivity (Wildman–Crippen MR) is 109 cm³/mol. The average molecular weight is 364 g/mol. The van der Waals surface area contributed by atoms with Gasteiger partial charge in [0.1, 0.15) is 0 Å². The lowest BCUT2D eigenvalue weighted by atomic mass is 10.1. The van der Waals surface area contributed by atoms with Crippen molar-refractivity contribution in [3.63, 3.8) is 0 Å². The van der Waals surface area contributed by atoms with Gasteiger partial charge < -0.3 is 15.0 Å². The molecule has 0 radical (unpaired) electrons. The van der Waals surface area contributed by atoms with Crippen molar-refractivity contribution in [1.82, 2.24) is 10.2 Å². The van der Waals surface area contributed by atoms with Crippen LogP contribution in [-0.4, -0.2) is 54.6 Å². The van der Waals surface area contributed by atoms with E-state index >= 15 is 0 Å². The SMILES string of the molecule is CCNC(=NCC(C)(C)SC)N1CCC(COCc2ccccc2)C1. The molecule has 1 unspecified atom stereocenters. The molecule has 5 heteroatoms. The summed E-state index contributed by atoms with van der Waals surface area (Å²) in [6.45, 7) is 12.0. The maximum Gasteiger partial charge on any atom is 0.193 e. The number of ether oxygens (including phenoxy) is 1. The molecule has 0 amide bonds. The molecule has 1 fully saturated rings. The summed E-state index contributed by atoms with van der Waals surface area (Å²) in [7, 11) is 0. The van der Waals surface area contributed by atoms with E-state index in [9.17, 15) is 0 Å². The Morgan fingerprint density at radius 2 is 2.12 bits per heavy atom. The number of guanidine groups is 1. The Labute approximate surface area is 157 Å². The summed E-state index contributed by atoms with van der Waals surface area (Å²) in [5.74, 6) is 1.64. The maximum absolute atomic E-state index is 5.93. The smallest absolute Gasteiger partial charge is 0.193 e. The first kappa shape index (κ1) is 20.1. The van der Waals surface area contributed by atoms with Crippen molar-refractivity contribution in [2.75, 3.05) is 39.0 Å². The Hall–Kier alpha value is -1.20. The van der Waals surface area contributed by atoms with Gasteiger partial charge in [-0.2, -0.15) is 11.8 Å². The highest BCUT2D eigenvalue weighted by atomic mass is 32.2. The number of nitrogens with zero attached hydrogens (tertiary/aromatic N) is 2. The van der Waals surface area contributed by atoms with E-state index < -0.39 is 0 Å². The molecule has 1 heterocycles. The summed E-state index contributed by atoms with van der Waals surface area (Å²) in [6.07, 6.45) is 3.32. The van der Waals surface area contributed by atoms with Crippen molar-refractivity contribution in [2.45, 2.75) is 38.5 Å². The van der Waals surface area contributed by atoms with Gasteiger partial charge in [-0.1, -0.05) is 30.3 Å². The molecule has 1 atom stereocenters. The normalized spacial score (nSPS) is 18.6. The Balaban J connectivity index is 1.81. The van der Waals surface area contributed by atoms with Crippen LogP contribution in [0.3, 0.4) is 0 Å². The van der Waals surface area contributed by atoms with Gasteiger partial charge in [0.25, 0.3) is 0 Å². The zero-order valence-electron chi connectivity index (χ0n) is 16.1. The average Bonchev–Trinajstić information content (AvgIpc) is 3.08. The zero-order chi connectivity index (χ0) is 18.1. The molecule has 2 rings (SSSR count). The lowest BCUT2D eigenvalue weighted by molar-refractivity contribution is 0.0906. The van der Waals surface area contributed by atoms with Gasteiger partial charge in [-0.05, 0) is 39.0 Å². The van der Waals surface area contributed by atoms with Crippen LogP contribution in [0, 0.1) is 5.92 Å². The zero-order valence-corrected chi connectivity index (χ0v) is 16.9. The maximum atomic E-state index is 5.93. The number of rotatable bonds is 8. The molecule has 0 bridgehead atoms. The Morgan fingerprint density at radius 1 is 1.36 bits per heavy atom. The van der Waals surface area contributed by atoms with Crippen molar-refractivity contribution < 1.29 is 4.74 Å². The fraction of sp³-hybridized carbons (Fsp3) is 0.650. The molecule has 25 heavy (non-hydrogen) atoms. The Morgan fingerprint density at radius 3 is 2.80 bits per heavy atom. The van der Waals surface area contributed by atoms with Crippen LogP contribution >= 0.6 is 11.8 Å². The minimum Gasteiger partial charge on any atom is -0.376 e. The molecule has 1 aromatic rings. The summed E-state index contributed by atoms with van der Waals surface area (Å²) < 4.78 is 6.11. The highest BCUT2D eigenvalue weighted by Crippen LogP contribution is 2.22. The molecular weight excluding hydrogens is 330 g/mol. The summed E-state index contributed by atoms with van der Waals surface area (Å²) in [6, 6.07) is 10.4. The third-order valence-electron chi connectivity index (χ3n) is 4.55. The topological polar surface area (TPSA) is 36.9 Å². The third kappa shape index (κ3) is 6.90. The quantitative estimate of drug-likeness (QED) is 0.565. The first-order valence-electron chi connectivity index (χ1n) is 9.24. The molecule has 1 aliphatic heterocycles. The number of thioether (sulfide) groups is 1. The number of benzene rings is 1. The first-order chi connectivity index (χ1) is 12.0. The predicted octanol–water partition coefficient (Wildman–Crippen LogP) is 3.63. The van der Waals surface area contributed by atoms with E-state index in [-0.39, 0.29) is 4.75 Å². The van der Waals surface area contributed by atoms with Gasteiger partial charge in [0, 0.05) is 30.3 Å². The van der Waals surface area contributed by atoms with Crippen molar-refractivity contribution in [1.29, 1.82) is 0 Å². The molecule has 0 aromatic heterocycles. The van der Waals surface area contributed by atoms with E-state index in [1.54, 1.807) is 0 Å². The van der Waals surface area contributed by atoms with Gasteiger partial charge >= 0.3 is 0 Å². The second kappa shape index (κ2) is 10.1. The van der Waals surface area contributed by atoms with E-state index in [0.717, 1.165) is 38.7 Å². The summed E-state index contributed by atoms with van der Waals surface area (Å²) in [4.78, 5) is 7.26. The van der Waals surface area contributed by atoms with Gasteiger partial charge in [-0.25, -0.2) is 0 Å². The number of hydrogen-bond acceptors (Lipinski definition) is 3. The molecule has 140 valence electrons. The Kier molecular flexibility index (Phi) is 8.10. The highest BCUT2D eigenvalue weighted by Gasteiger charge is 2.25. The lowest BCUT2D eigenvalue weighted by Gasteiger charge is -2.24. The lowest BCUT2D eigenvalue weighted by Crippen LogP contribution is -2.41. The molecule has 1 aliphatic rings. The number of nitrogens with one attached hydrogen (secondary N) is 1. The second-order valence-electron chi connectivity index (χ2n) is 7.24. The monoisotopic (exact) mass is 363 g/mol. The molecule has 0 saturated carbocycles. The number of likely N-dealkylation sites (tertiary alicyclic amines) is 1. The van der Waals surface area contributed by atoms with Gasteiger partial charge in [0.2, 0.25) is 0 Å². The Bertz CT molecular complexity index is 533. The van der Waals surface area contributed by atoms with E-state index in [2.05, 4.69) is 61.5 Å². The molecule has 0 aliphatic carbocycles. The van der Waals surface area contributed by atoms with Crippen molar-refractivity contribution >= 4 is 17.7 Å². The van der Waals surface area contributed by atoms with Crippen molar-refractivity contribution in [3.05, 3.63) is 35.9 Å². The fourth-order valence-corrected chi connectivity index (χ4v) is 3.03. The molecule has 0 spiro atoms. The van der Waals surface area contributed by atoms with Crippen LogP contribution in [-0.2, 0) is 11.3 Å². The van der Waals surface area contributed by atoms with Gasteiger partial charge in [0.15, 0.2) is 5.96 Å². The van der Waals surface area contributed by atoms with Crippen LogP contribution in [0.15, 0.2) is 35.3 Å². The van der Waals surface area contributed by atoms with Gasteiger partial charge in [-0.15, -0.1) is 0 Å². The highest BCUT2D eigenvalue weighted by molar-refractivity contribution is 7.99. The summed E-state index contributed by atoms with van der Waals surface area (Å²) in [5, 5.41) is 3.45. The van der Waals surface area contributed by atoms with E-state index in [4.69, 9.17) is 9.73 Å². The van der Waals surface area contributed by atoms with Crippen LogP contribution < -0.4 is 5.32 Å². The largest absolute Gasteiger partial charge is 0.376 e. The summed E-state index contributed by atoms with van der Waals surface area (Å²) in [5.41, 5.74) is 1.24. The van der Waals surface area contributed by atoms with Gasteiger partial charge in [-0.3, -0.25) is 4.99 Å². The summed E-state index contributed by atoms with van der Waals surface area (Å²) >= 11 is 1.87. The van der Waals surface area contributed by atoms with E-state index in [0.29, 0.717) is 12.5 Å². The molecule has 4 nitrogen and oxygen atoms in total. The standard InChI is InChI=1S/C20H33N3OS/c1-5-21-19(22-16-20(2,3)25-4)23-12-11-18(13-23)15-24-14-17-9-7-6-8-10-17/h6-10,18H,5,11-16H2,1-4H3,(H,21,22). The molecule has 1 saturated heterocycles. The fourth-order valence-electron chi connectivity index (χ4n) is 2.83. The second-order valence-corrected chi connectivity index (χ2v) is 8.75. The van der Waals surface area contributed by atoms with Crippen molar-refractivity contribution in [3.8, 4) is 0 Å². The van der Waals surface area contributed by atoms with E-state index in [1.165, 1.54) is 12.0 Å². The van der Waals surface area contributed by atoms with Crippen molar-refractivity contribution in [2.24, 2.45) is 10.9 Å². The number of hydrogen-bond donors (Lipinski definition) is 1. The third-order valence-corrected chi connectivity index (χ3v) is 5.78. The van der Waals surface area contributed by atoms with Crippen LogP contribution in [0.5, 0.6) is 0 Å². The van der Waals surface area contributed by atoms with Crippen LogP contribution in [0.2, 0.25) is 0 Å². The van der Waals surface area contributed by atoms with Crippen LogP contribution in [0.1, 0.15) is 32.8 Å². The minimum atomic E-state index is 0.179. The van der Waals surface area contributed by atoms with Crippen LogP contribution in [0.25, 0.3) is 0 Å². The molecular formula is C20H33N3OS. The molecule has 1 N–H and O–H groups in total. The molecule has 1 aromatic carbocycles. The van der Waals surface area contributed by atoms with E-state index in [1.807, 2.05) is 17.8 Å². The minimum absolute atomic E-state index is 0.179. The first-order valence-corrected chi connectivity index (χ1v) is 10.5. The van der Waals surface area contributed by atoms with Crippen LogP contribution in [0.4, 0.5) is 0 Å².